The summed E-state index contributed by atoms with van der Waals surface area (Å²) in [6.45, 7) is 4.75. The maximum Gasteiger partial charge on any atom is 0.223 e. The molecule has 7 nitrogen and oxygen atoms in total. The Morgan fingerprint density at radius 1 is 1.21 bits per heavy atom. The van der Waals surface area contributed by atoms with E-state index in [1.165, 1.54) is 12.3 Å². The molecular weight excluding hydrogens is 459 g/mol. The van der Waals surface area contributed by atoms with Gasteiger partial charge in [0.1, 0.15) is 17.1 Å². The number of aliphatic hydroxyl groups excluding tert-OH is 1. The highest BCUT2D eigenvalue weighted by Gasteiger charge is 2.48. The number of aromatic nitrogens is 2. The van der Waals surface area contributed by atoms with Crippen LogP contribution in [0.3, 0.4) is 0 Å². The highest BCUT2D eigenvalue weighted by molar-refractivity contribution is 6.33. The van der Waals surface area contributed by atoms with Crippen LogP contribution in [-0.4, -0.2) is 56.9 Å². The van der Waals surface area contributed by atoms with E-state index in [1.807, 2.05) is 19.9 Å². The van der Waals surface area contributed by atoms with E-state index in [2.05, 4.69) is 20.3 Å². The van der Waals surface area contributed by atoms with Crippen molar-refractivity contribution in [3.63, 3.8) is 0 Å². The molecule has 3 N–H and O–H groups in total. The molecule has 9 heteroatoms. The van der Waals surface area contributed by atoms with Gasteiger partial charge in [0, 0.05) is 17.6 Å². The largest absolute Gasteiger partial charge is 0.389 e. The molecule has 0 bridgehead atoms. The van der Waals surface area contributed by atoms with Crippen molar-refractivity contribution in [1.29, 1.82) is 0 Å². The third-order valence-corrected chi connectivity index (χ3v) is 7.61. The van der Waals surface area contributed by atoms with Gasteiger partial charge in [-0.1, -0.05) is 44.7 Å². The van der Waals surface area contributed by atoms with Crippen LogP contribution in [0.25, 0.3) is 11.3 Å². The number of ether oxygens (including phenoxy) is 1. The van der Waals surface area contributed by atoms with Crippen LogP contribution in [0.5, 0.6) is 0 Å². The molecule has 182 valence electrons. The first-order valence-corrected chi connectivity index (χ1v) is 12.3. The average molecular weight is 489 g/mol. The molecule has 5 rings (SSSR count). The number of hydrogen-bond donors (Lipinski definition) is 3. The second kappa shape index (κ2) is 8.82. The molecule has 2 unspecified atom stereocenters. The Balaban J connectivity index is 1.49. The predicted molar refractivity (Wildman–Crippen MR) is 129 cm³/mol. The SMILES string of the molecule is CC1(C)C(C2(O)CCCCC2)=Nc2c(F)cc(-c3nc(NC4CCOCC4O)ncc3Cl)cc21. The Labute approximate surface area is 203 Å². The average Bonchev–Trinajstić information content (AvgIpc) is 3.09. The smallest absolute Gasteiger partial charge is 0.223 e. The van der Waals surface area contributed by atoms with Crippen LogP contribution in [0.15, 0.2) is 23.3 Å². The van der Waals surface area contributed by atoms with Gasteiger partial charge in [-0.25, -0.2) is 14.4 Å². The quantitative estimate of drug-likeness (QED) is 0.583. The van der Waals surface area contributed by atoms with Crippen molar-refractivity contribution in [3.05, 3.63) is 34.7 Å². The molecule has 1 aromatic carbocycles. The minimum absolute atomic E-state index is 0.245. The lowest BCUT2D eigenvalue weighted by Gasteiger charge is -2.38. The fourth-order valence-electron chi connectivity index (χ4n) is 5.46. The van der Waals surface area contributed by atoms with E-state index in [9.17, 15) is 10.2 Å². The predicted octanol–water partition coefficient (Wildman–Crippen LogP) is 4.56. The third-order valence-electron chi connectivity index (χ3n) is 7.33. The van der Waals surface area contributed by atoms with E-state index >= 15 is 4.39 Å². The second-order valence-electron chi connectivity index (χ2n) is 10.1. The van der Waals surface area contributed by atoms with Crippen LogP contribution in [0.1, 0.15) is 57.9 Å². The molecule has 1 saturated heterocycles. The van der Waals surface area contributed by atoms with E-state index in [1.54, 1.807) is 0 Å². The molecule has 2 fully saturated rings. The van der Waals surface area contributed by atoms with Crippen molar-refractivity contribution in [2.75, 3.05) is 18.5 Å². The van der Waals surface area contributed by atoms with E-state index in [0.717, 1.165) is 19.3 Å². The minimum Gasteiger partial charge on any atom is -0.389 e. The van der Waals surface area contributed by atoms with E-state index < -0.39 is 22.9 Å². The van der Waals surface area contributed by atoms with Crippen LogP contribution in [0.2, 0.25) is 5.02 Å². The monoisotopic (exact) mass is 488 g/mol. The molecule has 0 spiro atoms. The van der Waals surface area contributed by atoms with Gasteiger partial charge in [-0.05, 0) is 37.0 Å². The molecule has 0 radical (unpaired) electrons. The van der Waals surface area contributed by atoms with Gasteiger partial charge in [0.15, 0.2) is 0 Å². The van der Waals surface area contributed by atoms with Gasteiger partial charge in [-0.2, -0.15) is 0 Å². The Hall–Kier alpha value is -2.13. The van der Waals surface area contributed by atoms with Gasteiger partial charge in [0.2, 0.25) is 5.95 Å². The van der Waals surface area contributed by atoms with Crippen molar-refractivity contribution in [1.82, 2.24) is 9.97 Å². The zero-order valence-corrected chi connectivity index (χ0v) is 20.2. The lowest BCUT2D eigenvalue weighted by Crippen LogP contribution is -2.48. The maximum atomic E-state index is 15.4. The fourth-order valence-corrected chi connectivity index (χ4v) is 5.66. The van der Waals surface area contributed by atoms with E-state index in [4.69, 9.17) is 16.3 Å². The van der Waals surface area contributed by atoms with Crippen molar-refractivity contribution >= 4 is 28.9 Å². The van der Waals surface area contributed by atoms with Gasteiger partial charge in [0.05, 0.1) is 41.4 Å². The van der Waals surface area contributed by atoms with Crippen molar-refractivity contribution in [2.24, 2.45) is 4.99 Å². The number of anilines is 1. The standard InChI is InChI=1S/C25H30ClFN4O3/c1-24(2)15-10-14(11-17(27)21(15)30-22(24)25(33)7-4-3-5-8-25)20-16(26)12-28-23(31-20)29-18-6-9-34-13-19(18)32/h10-12,18-19,32-33H,3-9,13H2,1-2H3,(H,28,29,31). The highest BCUT2D eigenvalue weighted by atomic mass is 35.5. The summed E-state index contributed by atoms with van der Waals surface area (Å²) >= 11 is 6.44. The van der Waals surface area contributed by atoms with Crippen LogP contribution in [-0.2, 0) is 10.2 Å². The number of nitrogens with zero attached hydrogens (tertiary/aromatic N) is 3. The molecule has 1 aromatic heterocycles. The topological polar surface area (TPSA) is 99.9 Å². The number of hydrogen-bond acceptors (Lipinski definition) is 7. The second-order valence-corrected chi connectivity index (χ2v) is 10.5. The lowest BCUT2D eigenvalue weighted by atomic mass is 9.69. The number of aliphatic imine (C=N–C) groups is 1. The summed E-state index contributed by atoms with van der Waals surface area (Å²) in [4.78, 5) is 13.4. The van der Waals surface area contributed by atoms with E-state index in [0.29, 0.717) is 59.4 Å². The molecule has 2 aliphatic heterocycles. The molecule has 3 heterocycles. The Morgan fingerprint density at radius 3 is 2.71 bits per heavy atom. The first-order chi connectivity index (χ1) is 16.2. The first-order valence-electron chi connectivity index (χ1n) is 11.9. The summed E-state index contributed by atoms with van der Waals surface area (Å²) in [5.74, 6) is -0.169. The summed E-state index contributed by atoms with van der Waals surface area (Å²) in [7, 11) is 0. The number of aliphatic hydroxyl groups is 2. The van der Waals surface area contributed by atoms with Crippen molar-refractivity contribution in [2.45, 2.75) is 75.5 Å². The van der Waals surface area contributed by atoms with Gasteiger partial charge < -0.3 is 20.3 Å². The van der Waals surface area contributed by atoms with Crippen molar-refractivity contribution in [3.8, 4) is 11.3 Å². The fraction of sp³-hybridized carbons (Fsp3) is 0.560. The molecule has 34 heavy (non-hydrogen) atoms. The Bertz CT molecular complexity index is 1130. The first kappa shape index (κ1) is 23.6. The summed E-state index contributed by atoms with van der Waals surface area (Å²) in [6.07, 6.45) is 5.66. The molecular formula is C25H30ClFN4O3. The summed E-state index contributed by atoms with van der Waals surface area (Å²) in [5.41, 5.74) is 0.877. The molecule has 1 aliphatic carbocycles. The van der Waals surface area contributed by atoms with Crippen LogP contribution in [0.4, 0.5) is 16.0 Å². The third kappa shape index (κ3) is 4.11. The normalized spacial score (nSPS) is 25.5. The van der Waals surface area contributed by atoms with Crippen LogP contribution >= 0.6 is 11.6 Å². The summed E-state index contributed by atoms with van der Waals surface area (Å²) in [5, 5.41) is 25.0. The number of nitrogens with one attached hydrogen (secondary N) is 1. The Morgan fingerprint density at radius 2 is 1.97 bits per heavy atom. The van der Waals surface area contributed by atoms with Crippen molar-refractivity contribution < 1.29 is 19.3 Å². The maximum absolute atomic E-state index is 15.4. The van der Waals surface area contributed by atoms with Gasteiger partial charge >= 0.3 is 0 Å². The van der Waals surface area contributed by atoms with Gasteiger partial charge in [-0.15, -0.1) is 0 Å². The number of halogens is 2. The van der Waals surface area contributed by atoms with Gasteiger partial charge in [0.25, 0.3) is 0 Å². The zero-order chi connectivity index (χ0) is 24.1. The summed E-state index contributed by atoms with van der Waals surface area (Å²) < 4.78 is 20.6. The van der Waals surface area contributed by atoms with Crippen LogP contribution in [0, 0.1) is 5.82 Å². The Kier molecular flexibility index (Phi) is 6.13. The van der Waals surface area contributed by atoms with Crippen LogP contribution < -0.4 is 5.32 Å². The molecule has 2 aromatic rings. The van der Waals surface area contributed by atoms with Gasteiger partial charge in [-0.3, -0.25) is 4.99 Å². The number of rotatable bonds is 4. The van der Waals surface area contributed by atoms with E-state index in [-0.39, 0.29) is 18.3 Å². The number of benzene rings is 1. The molecule has 3 aliphatic rings. The molecule has 0 amide bonds. The minimum atomic E-state index is -1.01. The molecule has 2 atom stereocenters. The molecule has 1 saturated carbocycles. The number of fused-ring (bicyclic) bond motifs is 1. The highest BCUT2D eigenvalue weighted by Crippen LogP contribution is 2.48. The zero-order valence-electron chi connectivity index (χ0n) is 19.4. The summed E-state index contributed by atoms with van der Waals surface area (Å²) in [6, 6.07) is 3.00. The lowest BCUT2D eigenvalue weighted by molar-refractivity contribution is -0.0136.